The van der Waals surface area contributed by atoms with Crippen LogP contribution in [0.1, 0.15) is 53.9 Å². The minimum Gasteiger partial charge on any atom is -0.443 e. The Kier molecular flexibility index (Phi) is 10.9. The molecule has 0 bridgehead atoms. The summed E-state index contributed by atoms with van der Waals surface area (Å²) in [6, 6.07) is 18.8. The number of nitrogens with zero attached hydrogens (tertiary/aromatic N) is 3. The quantitative estimate of drug-likeness (QED) is 0.141. The van der Waals surface area contributed by atoms with Crippen LogP contribution in [-0.4, -0.2) is 57.3 Å². The number of fused-ring (bicyclic) bond motifs is 2. The fourth-order valence-electron chi connectivity index (χ4n) is 5.73. The van der Waals surface area contributed by atoms with Gasteiger partial charge in [-0.2, -0.15) is 4.98 Å². The molecule has 12 heteroatoms. The van der Waals surface area contributed by atoms with Crippen molar-refractivity contribution in [3.8, 4) is 0 Å². The molecule has 1 aliphatic carbocycles. The molecule has 1 aliphatic rings. The molecule has 4 N–H and O–H groups in total. The van der Waals surface area contributed by atoms with Crippen molar-refractivity contribution in [3.63, 3.8) is 0 Å². The van der Waals surface area contributed by atoms with Crippen molar-refractivity contribution in [1.29, 1.82) is 0 Å². The lowest BCUT2D eigenvalue weighted by Gasteiger charge is -2.29. The van der Waals surface area contributed by atoms with Crippen molar-refractivity contribution in [2.24, 2.45) is 11.8 Å². The Morgan fingerprint density at radius 1 is 0.870 bits per heavy atom. The highest BCUT2D eigenvalue weighted by Crippen LogP contribution is 2.32. The fourth-order valence-corrected chi connectivity index (χ4v) is 7.07. The second-order valence-corrected chi connectivity index (χ2v) is 14.5. The van der Waals surface area contributed by atoms with E-state index in [1.54, 1.807) is 32.9 Å². The van der Waals surface area contributed by atoms with Crippen molar-refractivity contribution in [2.45, 2.75) is 64.4 Å². The molecule has 46 heavy (non-hydrogen) atoms. The van der Waals surface area contributed by atoms with E-state index in [2.05, 4.69) is 30.9 Å². The van der Waals surface area contributed by atoms with Gasteiger partial charge in [-0.1, -0.05) is 43.8 Å². The van der Waals surface area contributed by atoms with Crippen LogP contribution in [-0.2, 0) is 14.8 Å². The van der Waals surface area contributed by atoms with Gasteiger partial charge in [0.05, 0.1) is 10.4 Å². The average molecular weight is 650 g/mol. The van der Waals surface area contributed by atoms with Crippen molar-refractivity contribution < 1.29 is 17.9 Å². The zero-order chi connectivity index (χ0) is 32.2. The number of sulfonamides is 1. The Morgan fingerprint density at radius 2 is 1.50 bits per heavy atom. The molecule has 1 amide bonds. The standard InChI is InChI=1S/C33H43N7O4S.CH4/c1-33(2,3)44-32(41)39-38-30-26-10-6-7-13-27(26)36-31(37-30)34-20-22-16-18-23(19-17-22)21-35-45(42,43)29-15-9-11-24-25(29)12-8-14-28(24)40(4)5;/h6-15,22-23,35H,16-21H2,1-5H3,(H,39,41)(H2,34,36,37,38);1H4. The molecule has 0 atom stereocenters. The summed E-state index contributed by atoms with van der Waals surface area (Å²) in [7, 11) is 0.241. The highest BCUT2D eigenvalue weighted by atomic mass is 32.2. The van der Waals surface area contributed by atoms with E-state index >= 15 is 0 Å². The minimum absolute atomic E-state index is 0. The molecule has 0 unspecified atom stereocenters. The monoisotopic (exact) mass is 649 g/mol. The van der Waals surface area contributed by atoms with Gasteiger partial charge in [0.15, 0.2) is 5.82 Å². The third-order valence-corrected chi connectivity index (χ3v) is 9.47. The first-order valence-electron chi connectivity index (χ1n) is 15.3. The van der Waals surface area contributed by atoms with E-state index in [0.717, 1.165) is 53.0 Å². The molecule has 248 valence electrons. The van der Waals surface area contributed by atoms with E-state index in [0.29, 0.717) is 35.7 Å². The summed E-state index contributed by atoms with van der Waals surface area (Å²) in [5.74, 6) is 1.61. The van der Waals surface area contributed by atoms with E-state index < -0.39 is 21.7 Å². The maximum atomic E-state index is 13.4. The number of benzene rings is 3. The number of hydrazine groups is 1. The molecule has 4 aromatic rings. The molecule has 1 saturated carbocycles. The number of ether oxygens (including phenoxy) is 1. The van der Waals surface area contributed by atoms with Gasteiger partial charge in [-0.25, -0.2) is 28.3 Å². The summed E-state index contributed by atoms with van der Waals surface area (Å²) < 4.78 is 35.0. The van der Waals surface area contributed by atoms with Crippen molar-refractivity contribution in [1.82, 2.24) is 20.1 Å². The summed E-state index contributed by atoms with van der Waals surface area (Å²) in [5.41, 5.74) is 6.53. The third-order valence-electron chi connectivity index (χ3n) is 7.99. The molecular weight excluding hydrogens is 602 g/mol. The van der Waals surface area contributed by atoms with Gasteiger partial charge in [0.1, 0.15) is 5.60 Å². The molecule has 3 aromatic carbocycles. The first-order valence-corrected chi connectivity index (χ1v) is 16.8. The van der Waals surface area contributed by atoms with Gasteiger partial charge in [0.2, 0.25) is 16.0 Å². The van der Waals surface area contributed by atoms with Gasteiger partial charge in [-0.15, -0.1) is 0 Å². The highest BCUT2D eigenvalue weighted by molar-refractivity contribution is 7.89. The Labute approximate surface area is 272 Å². The van der Waals surface area contributed by atoms with Gasteiger partial charge in [0, 0.05) is 49.0 Å². The number of para-hydroxylation sites is 1. The Balaban J connectivity index is 0.00000480. The van der Waals surface area contributed by atoms with Crippen molar-refractivity contribution in [2.75, 3.05) is 42.8 Å². The van der Waals surface area contributed by atoms with Crippen LogP contribution in [0.15, 0.2) is 65.6 Å². The molecule has 5 rings (SSSR count). The minimum atomic E-state index is -3.67. The predicted molar refractivity (Wildman–Crippen MR) is 187 cm³/mol. The molecule has 0 radical (unpaired) electrons. The maximum absolute atomic E-state index is 13.4. The molecule has 0 aliphatic heterocycles. The van der Waals surface area contributed by atoms with Crippen LogP contribution in [0.2, 0.25) is 0 Å². The maximum Gasteiger partial charge on any atom is 0.426 e. The number of hydrogen-bond donors (Lipinski definition) is 4. The first-order chi connectivity index (χ1) is 21.4. The summed E-state index contributed by atoms with van der Waals surface area (Å²) in [5, 5.41) is 5.78. The number of carbonyl (C=O) groups is 1. The highest BCUT2D eigenvalue weighted by Gasteiger charge is 2.25. The molecule has 1 fully saturated rings. The van der Waals surface area contributed by atoms with Gasteiger partial charge < -0.3 is 15.0 Å². The normalized spacial score (nSPS) is 16.8. The van der Waals surface area contributed by atoms with Gasteiger partial charge in [-0.05, 0) is 82.6 Å². The number of aromatic nitrogens is 2. The molecule has 1 aromatic heterocycles. The third kappa shape index (κ3) is 8.55. The van der Waals surface area contributed by atoms with Crippen LogP contribution in [0.25, 0.3) is 21.7 Å². The molecule has 0 saturated heterocycles. The van der Waals surface area contributed by atoms with Gasteiger partial charge in [0.25, 0.3) is 0 Å². The molecule has 1 heterocycles. The number of carbonyl (C=O) groups excluding carboxylic acids is 1. The summed E-state index contributed by atoms with van der Waals surface area (Å²) in [6.07, 6.45) is 3.20. The van der Waals surface area contributed by atoms with Crippen LogP contribution >= 0.6 is 0 Å². The Morgan fingerprint density at radius 3 is 2.20 bits per heavy atom. The lowest BCUT2D eigenvalue weighted by Crippen LogP contribution is -2.36. The van der Waals surface area contributed by atoms with Gasteiger partial charge in [-0.3, -0.25) is 5.43 Å². The number of hydrogen-bond acceptors (Lipinski definition) is 9. The second kappa shape index (κ2) is 14.5. The fraction of sp³-hybridized carbons (Fsp3) is 0.441. The molecular formula is C34H47N7O4S. The summed E-state index contributed by atoms with van der Waals surface area (Å²) in [4.78, 5) is 23.7. The Bertz CT molecular complexity index is 1760. The summed E-state index contributed by atoms with van der Waals surface area (Å²) in [6.45, 7) is 6.51. The zero-order valence-electron chi connectivity index (χ0n) is 26.6. The second-order valence-electron chi connectivity index (χ2n) is 12.8. The van der Waals surface area contributed by atoms with E-state index in [1.165, 1.54) is 0 Å². The van der Waals surface area contributed by atoms with E-state index in [9.17, 15) is 13.2 Å². The average Bonchev–Trinajstić information content (AvgIpc) is 3.00. The number of rotatable bonds is 10. The smallest absolute Gasteiger partial charge is 0.426 e. The number of nitrogens with one attached hydrogen (secondary N) is 4. The van der Waals surface area contributed by atoms with Crippen molar-refractivity contribution in [3.05, 3.63) is 60.7 Å². The topological polar surface area (TPSA) is 138 Å². The lowest BCUT2D eigenvalue weighted by molar-refractivity contribution is 0.0541. The van der Waals surface area contributed by atoms with Gasteiger partial charge >= 0.3 is 6.09 Å². The largest absolute Gasteiger partial charge is 0.443 e. The first kappa shape index (κ1) is 34.7. The Hall–Kier alpha value is -4.16. The molecule has 11 nitrogen and oxygen atoms in total. The molecule has 0 spiro atoms. The van der Waals surface area contributed by atoms with E-state index in [-0.39, 0.29) is 13.3 Å². The predicted octanol–water partition coefficient (Wildman–Crippen LogP) is 6.53. The number of amides is 1. The number of anilines is 3. The van der Waals surface area contributed by atoms with E-state index in [4.69, 9.17) is 4.74 Å². The zero-order valence-corrected chi connectivity index (χ0v) is 27.4. The van der Waals surface area contributed by atoms with Crippen LogP contribution in [0.5, 0.6) is 0 Å². The summed E-state index contributed by atoms with van der Waals surface area (Å²) >= 11 is 0. The SMILES string of the molecule is C.CN(C)c1cccc2c(S(=O)(=O)NCC3CCC(CNc4nc(NNC(=O)OC(C)(C)C)c5ccccc5n4)CC3)cccc12. The van der Waals surface area contributed by atoms with E-state index in [1.807, 2.05) is 67.5 Å². The van der Waals surface area contributed by atoms with Crippen LogP contribution in [0, 0.1) is 11.8 Å². The lowest BCUT2D eigenvalue weighted by atomic mass is 9.82. The van der Waals surface area contributed by atoms with Crippen LogP contribution in [0.3, 0.4) is 0 Å². The van der Waals surface area contributed by atoms with Crippen LogP contribution in [0.4, 0.5) is 22.2 Å². The van der Waals surface area contributed by atoms with Crippen LogP contribution < -0.4 is 25.8 Å². The van der Waals surface area contributed by atoms with Crippen molar-refractivity contribution >= 4 is 55.2 Å².